The average Bonchev–Trinajstić information content (AvgIpc) is 3.47. The molecule has 4 rings (SSSR count). The van der Waals surface area contributed by atoms with Gasteiger partial charge in [0.25, 0.3) is 0 Å². The van der Waals surface area contributed by atoms with Gasteiger partial charge < -0.3 is 20.5 Å². The number of benzene rings is 2. The van der Waals surface area contributed by atoms with E-state index in [0.717, 1.165) is 36.8 Å². The zero-order chi connectivity index (χ0) is 24.8. The maximum atomic E-state index is 12.6. The van der Waals surface area contributed by atoms with E-state index < -0.39 is 18.1 Å². The Kier molecular flexibility index (Phi) is 8.06. The van der Waals surface area contributed by atoms with Crippen molar-refractivity contribution in [3.8, 4) is 11.1 Å². The van der Waals surface area contributed by atoms with Crippen molar-refractivity contribution in [1.82, 2.24) is 10.6 Å². The van der Waals surface area contributed by atoms with Crippen molar-refractivity contribution in [2.75, 3.05) is 13.2 Å². The predicted octanol–water partition coefficient (Wildman–Crippen LogP) is 4.70. The lowest BCUT2D eigenvalue weighted by Gasteiger charge is -2.24. The Hall–Kier alpha value is -3.35. The molecule has 2 aliphatic rings. The van der Waals surface area contributed by atoms with E-state index in [-0.39, 0.29) is 37.2 Å². The number of ether oxygens (including phenoxy) is 1. The largest absolute Gasteiger partial charge is 0.481 e. The van der Waals surface area contributed by atoms with Crippen molar-refractivity contribution in [3.63, 3.8) is 0 Å². The van der Waals surface area contributed by atoms with Crippen molar-refractivity contribution in [1.29, 1.82) is 0 Å². The Balaban J connectivity index is 1.32. The van der Waals surface area contributed by atoms with Gasteiger partial charge in [0.1, 0.15) is 6.61 Å². The summed E-state index contributed by atoms with van der Waals surface area (Å²) in [7, 11) is 0. The number of amides is 2. The molecule has 0 radical (unpaired) electrons. The van der Waals surface area contributed by atoms with Crippen LogP contribution in [0.4, 0.5) is 4.79 Å². The second kappa shape index (κ2) is 11.4. The lowest BCUT2D eigenvalue weighted by atomic mass is 9.87. The first-order valence-electron chi connectivity index (χ1n) is 12.5. The molecular weight excluding hydrogens is 444 g/mol. The zero-order valence-electron chi connectivity index (χ0n) is 20.2. The number of rotatable bonds is 10. The molecule has 7 heteroatoms. The first kappa shape index (κ1) is 24.8. The van der Waals surface area contributed by atoms with Crippen LogP contribution in [-0.4, -0.2) is 42.3 Å². The van der Waals surface area contributed by atoms with Crippen LogP contribution < -0.4 is 10.6 Å². The number of hydrogen-bond donors (Lipinski definition) is 3. The van der Waals surface area contributed by atoms with E-state index in [4.69, 9.17) is 9.84 Å². The molecule has 1 fully saturated rings. The van der Waals surface area contributed by atoms with Crippen molar-refractivity contribution < 1.29 is 24.2 Å². The molecule has 2 aromatic rings. The van der Waals surface area contributed by atoms with Crippen molar-refractivity contribution in [3.05, 3.63) is 59.7 Å². The van der Waals surface area contributed by atoms with Gasteiger partial charge in [-0.05, 0) is 41.0 Å². The molecule has 0 bridgehead atoms. The van der Waals surface area contributed by atoms with Crippen LogP contribution in [0.1, 0.15) is 62.5 Å². The predicted molar refractivity (Wildman–Crippen MR) is 133 cm³/mol. The number of carbonyl (C=O) groups excluding carboxylic acids is 2. The highest BCUT2D eigenvalue weighted by Gasteiger charge is 2.30. The molecular formula is C28H34N2O5. The van der Waals surface area contributed by atoms with Crippen LogP contribution >= 0.6 is 0 Å². The Morgan fingerprint density at radius 1 is 0.971 bits per heavy atom. The number of carboxylic acids is 1. The number of aliphatic carboxylic acids is 1. The molecule has 0 heterocycles. The van der Waals surface area contributed by atoms with E-state index in [1.165, 1.54) is 11.1 Å². The summed E-state index contributed by atoms with van der Waals surface area (Å²) in [6.07, 6.45) is 4.00. The lowest BCUT2D eigenvalue weighted by molar-refractivity contribution is -0.137. The Labute approximate surface area is 206 Å². The highest BCUT2D eigenvalue weighted by Crippen LogP contribution is 2.44. The van der Waals surface area contributed by atoms with Gasteiger partial charge in [-0.2, -0.15) is 0 Å². The van der Waals surface area contributed by atoms with Gasteiger partial charge in [-0.25, -0.2) is 4.79 Å². The quantitative estimate of drug-likeness (QED) is 0.459. The summed E-state index contributed by atoms with van der Waals surface area (Å²) in [4.78, 5) is 36.0. The lowest BCUT2D eigenvalue weighted by Crippen LogP contribution is -2.39. The fourth-order valence-electron chi connectivity index (χ4n) is 5.58. The van der Waals surface area contributed by atoms with Crippen LogP contribution in [0.25, 0.3) is 11.1 Å². The van der Waals surface area contributed by atoms with Gasteiger partial charge in [0.15, 0.2) is 0 Å². The van der Waals surface area contributed by atoms with Crippen LogP contribution in [0.15, 0.2) is 48.5 Å². The molecule has 1 saturated carbocycles. The summed E-state index contributed by atoms with van der Waals surface area (Å²) in [6, 6.07) is 16.0. The smallest absolute Gasteiger partial charge is 0.407 e. The minimum absolute atomic E-state index is 0.000259. The summed E-state index contributed by atoms with van der Waals surface area (Å²) in [5.74, 6) is -0.758. The zero-order valence-corrected chi connectivity index (χ0v) is 20.2. The second-order valence-corrected chi connectivity index (χ2v) is 9.78. The molecule has 7 nitrogen and oxygen atoms in total. The van der Waals surface area contributed by atoms with Crippen LogP contribution in [0.2, 0.25) is 0 Å². The molecule has 2 amide bonds. The van der Waals surface area contributed by atoms with Crippen LogP contribution in [0.3, 0.4) is 0 Å². The van der Waals surface area contributed by atoms with E-state index in [1.807, 2.05) is 24.3 Å². The normalized spacial score (nSPS) is 16.7. The van der Waals surface area contributed by atoms with E-state index in [2.05, 4.69) is 34.9 Å². The Morgan fingerprint density at radius 2 is 1.57 bits per heavy atom. The first-order valence-corrected chi connectivity index (χ1v) is 12.5. The molecule has 0 aromatic heterocycles. The van der Waals surface area contributed by atoms with Gasteiger partial charge in [-0.3, -0.25) is 9.59 Å². The Morgan fingerprint density at radius 3 is 2.17 bits per heavy atom. The molecule has 2 aromatic carbocycles. The van der Waals surface area contributed by atoms with Gasteiger partial charge in [-0.15, -0.1) is 0 Å². The second-order valence-electron chi connectivity index (χ2n) is 9.78. The van der Waals surface area contributed by atoms with Gasteiger partial charge in [0, 0.05) is 24.9 Å². The number of alkyl carbamates (subject to hydrolysis) is 1. The number of fused-ring (bicyclic) bond motifs is 3. The van der Waals surface area contributed by atoms with Gasteiger partial charge in [0.2, 0.25) is 5.91 Å². The van der Waals surface area contributed by atoms with Gasteiger partial charge in [-0.1, -0.05) is 74.2 Å². The summed E-state index contributed by atoms with van der Waals surface area (Å²) in [5, 5.41) is 14.6. The highest BCUT2D eigenvalue weighted by molar-refractivity contribution is 5.79. The summed E-state index contributed by atoms with van der Waals surface area (Å²) >= 11 is 0. The van der Waals surface area contributed by atoms with E-state index in [9.17, 15) is 14.4 Å². The maximum Gasteiger partial charge on any atom is 0.407 e. The number of hydrogen-bond acceptors (Lipinski definition) is 4. The number of nitrogens with one attached hydrogen (secondary N) is 2. The minimum Gasteiger partial charge on any atom is -0.481 e. The van der Waals surface area contributed by atoms with E-state index in [0.29, 0.717) is 12.5 Å². The van der Waals surface area contributed by atoms with Crippen LogP contribution in [-0.2, 0) is 14.3 Å². The monoisotopic (exact) mass is 478 g/mol. The third-order valence-corrected chi connectivity index (χ3v) is 7.25. The summed E-state index contributed by atoms with van der Waals surface area (Å²) < 4.78 is 5.65. The summed E-state index contributed by atoms with van der Waals surface area (Å²) in [6.45, 7) is 2.30. The summed E-state index contributed by atoms with van der Waals surface area (Å²) in [5.41, 5.74) is 4.69. The van der Waals surface area contributed by atoms with Crippen LogP contribution in [0.5, 0.6) is 0 Å². The number of carboxylic acid groups (broad SMARTS) is 1. The molecule has 186 valence electrons. The van der Waals surface area contributed by atoms with Crippen molar-refractivity contribution in [2.45, 2.75) is 57.4 Å². The molecule has 2 aliphatic carbocycles. The molecule has 1 unspecified atom stereocenters. The molecule has 0 saturated heterocycles. The molecule has 0 aliphatic heterocycles. The fourth-order valence-corrected chi connectivity index (χ4v) is 5.58. The average molecular weight is 479 g/mol. The van der Waals surface area contributed by atoms with E-state index in [1.54, 1.807) is 6.92 Å². The van der Waals surface area contributed by atoms with Crippen molar-refractivity contribution >= 4 is 18.0 Å². The molecule has 35 heavy (non-hydrogen) atoms. The van der Waals surface area contributed by atoms with Gasteiger partial charge in [0.05, 0.1) is 6.42 Å². The third kappa shape index (κ3) is 6.21. The first-order chi connectivity index (χ1) is 16.9. The Bertz CT molecular complexity index is 1020. The maximum absolute atomic E-state index is 12.6. The topological polar surface area (TPSA) is 105 Å². The van der Waals surface area contributed by atoms with Gasteiger partial charge >= 0.3 is 12.1 Å². The third-order valence-electron chi connectivity index (χ3n) is 7.25. The SMILES string of the molecule is C[C@H](CC(=O)O)NC(=O)CC(CNC(=O)OCC1c2ccccc2-c2ccccc21)C1CCCC1. The highest BCUT2D eigenvalue weighted by atomic mass is 16.5. The number of carbonyl (C=O) groups is 3. The molecule has 3 N–H and O–H groups in total. The van der Waals surface area contributed by atoms with E-state index >= 15 is 0 Å². The van der Waals surface area contributed by atoms with Crippen molar-refractivity contribution in [2.24, 2.45) is 11.8 Å². The minimum atomic E-state index is -0.943. The van der Waals surface area contributed by atoms with Crippen LogP contribution in [0, 0.1) is 11.8 Å². The molecule has 2 atom stereocenters. The standard InChI is InChI=1S/C28H34N2O5/c1-18(14-27(32)33)30-26(31)15-20(19-8-2-3-9-19)16-29-28(34)35-17-25-23-12-6-4-10-21(23)22-11-5-7-13-24(22)25/h4-7,10-13,18-20,25H,2-3,8-9,14-17H2,1H3,(H,29,34)(H,30,31)(H,32,33)/t18-,20?/m1/s1. The fraction of sp³-hybridized carbons (Fsp3) is 0.464. The molecule has 0 spiro atoms.